The Hall–Kier alpha value is -5.79. The molecule has 52 heavy (non-hydrogen) atoms. The SMILES string of the molecule is CCC(Sc1cccc(NC(=O)/C(=C\c2cc(OC)c(OC)c(OC)c2)NC(=O)c2ccccc2)c1)C(=O)Nc1nc(-c2ccccc2OC)cs1. The largest absolute Gasteiger partial charge is 0.496 e. The summed E-state index contributed by atoms with van der Waals surface area (Å²) in [4.78, 5) is 45.7. The van der Waals surface area contributed by atoms with Crippen molar-refractivity contribution in [2.45, 2.75) is 23.5 Å². The number of anilines is 2. The van der Waals surface area contributed by atoms with Crippen LogP contribution in [-0.2, 0) is 9.59 Å². The second-order valence-corrected chi connectivity index (χ2v) is 13.2. The molecule has 0 spiro atoms. The first-order valence-corrected chi connectivity index (χ1v) is 17.9. The molecule has 1 aromatic heterocycles. The summed E-state index contributed by atoms with van der Waals surface area (Å²) in [6.45, 7) is 1.93. The molecule has 4 aromatic carbocycles. The van der Waals surface area contributed by atoms with Crippen molar-refractivity contribution in [1.29, 1.82) is 0 Å². The van der Waals surface area contributed by atoms with Gasteiger partial charge in [-0.15, -0.1) is 23.1 Å². The van der Waals surface area contributed by atoms with Crippen LogP contribution in [0.3, 0.4) is 0 Å². The average molecular weight is 739 g/mol. The van der Waals surface area contributed by atoms with Crippen LogP contribution in [0.2, 0.25) is 0 Å². The zero-order valence-electron chi connectivity index (χ0n) is 29.2. The molecule has 0 bridgehead atoms. The number of thioether (sulfide) groups is 1. The number of carbonyl (C=O) groups excluding carboxylic acids is 3. The predicted octanol–water partition coefficient (Wildman–Crippen LogP) is 7.76. The molecule has 268 valence electrons. The van der Waals surface area contributed by atoms with Crippen molar-refractivity contribution in [2.75, 3.05) is 39.1 Å². The van der Waals surface area contributed by atoms with Gasteiger partial charge in [0.2, 0.25) is 11.7 Å². The maximum absolute atomic E-state index is 13.8. The molecule has 0 fully saturated rings. The third kappa shape index (κ3) is 9.30. The fraction of sp³-hybridized carbons (Fsp3) is 0.179. The number of benzene rings is 4. The molecule has 11 nitrogen and oxygen atoms in total. The number of aromatic nitrogens is 1. The van der Waals surface area contributed by atoms with E-state index in [1.807, 2.05) is 42.6 Å². The van der Waals surface area contributed by atoms with Gasteiger partial charge in [-0.05, 0) is 72.7 Å². The van der Waals surface area contributed by atoms with Crippen molar-refractivity contribution >= 4 is 57.7 Å². The van der Waals surface area contributed by atoms with E-state index in [0.29, 0.717) is 57.1 Å². The maximum atomic E-state index is 13.8. The monoisotopic (exact) mass is 738 g/mol. The van der Waals surface area contributed by atoms with E-state index in [9.17, 15) is 14.4 Å². The van der Waals surface area contributed by atoms with Gasteiger partial charge in [0.25, 0.3) is 11.8 Å². The van der Waals surface area contributed by atoms with E-state index in [2.05, 4.69) is 20.9 Å². The summed E-state index contributed by atoms with van der Waals surface area (Å²) in [5, 5.41) is 10.5. The average Bonchev–Trinajstić information content (AvgIpc) is 3.64. The summed E-state index contributed by atoms with van der Waals surface area (Å²) in [5.74, 6) is 0.620. The Labute approximate surface area is 310 Å². The second-order valence-electron chi connectivity index (χ2n) is 11.1. The highest BCUT2D eigenvalue weighted by atomic mass is 32.2. The predicted molar refractivity (Wildman–Crippen MR) is 206 cm³/mol. The minimum absolute atomic E-state index is 0.0251. The number of hydrogen-bond acceptors (Lipinski definition) is 10. The number of ether oxygens (including phenoxy) is 4. The topological polar surface area (TPSA) is 137 Å². The van der Waals surface area contributed by atoms with Crippen LogP contribution in [0.15, 0.2) is 107 Å². The summed E-state index contributed by atoms with van der Waals surface area (Å²) in [5.41, 5.74) is 2.88. The lowest BCUT2D eigenvalue weighted by Crippen LogP contribution is -2.30. The summed E-state index contributed by atoms with van der Waals surface area (Å²) < 4.78 is 21.8. The highest BCUT2D eigenvalue weighted by Gasteiger charge is 2.22. The lowest BCUT2D eigenvalue weighted by molar-refractivity contribution is -0.116. The van der Waals surface area contributed by atoms with Gasteiger partial charge in [-0.2, -0.15) is 0 Å². The third-order valence-corrected chi connectivity index (χ3v) is 9.79. The minimum atomic E-state index is -0.570. The van der Waals surface area contributed by atoms with Crippen molar-refractivity contribution < 1.29 is 33.3 Å². The summed E-state index contributed by atoms with van der Waals surface area (Å²) in [6, 6.07) is 26.6. The highest BCUT2D eigenvalue weighted by molar-refractivity contribution is 8.00. The fourth-order valence-electron chi connectivity index (χ4n) is 5.12. The maximum Gasteiger partial charge on any atom is 0.272 e. The van der Waals surface area contributed by atoms with Crippen LogP contribution < -0.4 is 34.9 Å². The normalized spacial score (nSPS) is 11.6. The molecule has 3 amide bonds. The van der Waals surface area contributed by atoms with Gasteiger partial charge in [0, 0.05) is 27.1 Å². The minimum Gasteiger partial charge on any atom is -0.496 e. The third-order valence-electron chi connectivity index (χ3n) is 7.68. The van der Waals surface area contributed by atoms with Gasteiger partial charge in [0.1, 0.15) is 11.4 Å². The highest BCUT2D eigenvalue weighted by Crippen LogP contribution is 2.39. The number of para-hydroxylation sites is 1. The summed E-state index contributed by atoms with van der Waals surface area (Å²) in [6.07, 6.45) is 2.07. The van der Waals surface area contributed by atoms with E-state index in [1.54, 1.807) is 67.8 Å². The van der Waals surface area contributed by atoms with Gasteiger partial charge in [-0.3, -0.25) is 14.4 Å². The van der Waals surface area contributed by atoms with E-state index in [0.717, 1.165) is 10.5 Å². The smallest absolute Gasteiger partial charge is 0.272 e. The van der Waals surface area contributed by atoms with Crippen LogP contribution in [0.25, 0.3) is 17.3 Å². The standard InChI is InChI=1S/C39H38N4O7S2/c1-6-34(38(46)43-39-42-30(23-51-39)28-17-10-11-18-31(28)47-2)52-27-16-12-15-26(22-27)40-37(45)29(41-36(44)25-13-8-7-9-14-25)19-24-20-32(48-3)35(50-5)33(21-24)49-4/h7-23,34H,6H2,1-5H3,(H,40,45)(H,41,44)(H,42,43,46)/b29-19+. The van der Waals surface area contributed by atoms with Crippen LogP contribution in [0.1, 0.15) is 29.3 Å². The van der Waals surface area contributed by atoms with Crippen molar-refractivity contribution in [3.05, 3.63) is 113 Å². The number of nitrogens with zero attached hydrogens (tertiary/aromatic N) is 1. The van der Waals surface area contributed by atoms with Crippen LogP contribution in [-0.4, -0.2) is 56.4 Å². The lowest BCUT2D eigenvalue weighted by atomic mass is 10.1. The molecule has 0 saturated heterocycles. The Kier molecular flexibility index (Phi) is 12.9. The van der Waals surface area contributed by atoms with Gasteiger partial charge >= 0.3 is 0 Å². The Bertz CT molecular complexity index is 2040. The molecule has 0 aliphatic heterocycles. The van der Waals surface area contributed by atoms with E-state index < -0.39 is 17.1 Å². The first-order chi connectivity index (χ1) is 25.3. The molecule has 0 radical (unpaired) electrons. The van der Waals surface area contributed by atoms with E-state index in [4.69, 9.17) is 18.9 Å². The second kappa shape index (κ2) is 17.9. The van der Waals surface area contributed by atoms with Gasteiger partial charge in [-0.25, -0.2) is 4.98 Å². The van der Waals surface area contributed by atoms with Crippen LogP contribution >= 0.6 is 23.1 Å². The van der Waals surface area contributed by atoms with Gasteiger partial charge in [0.15, 0.2) is 16.6 Å². The van der Waals surface area contributed by atoms with Gasteiger partial charge in [-0.1, -0.05) is 43.3 Å². The van der Waals surface area contributed by atoms with Crippen LogP contribution in [0, 0.1) is 0 Å². The number of amides is 3. The molecule has 0 saturated carbocycles. The molecule has 1 atom stereocenters. The molecule has 5 rings (SSSR count). The molecular weight excluding hydrogens is 701 g/mol. The molecule has 0 aliphatic carbocycles. The Balaban J connectivity index is 1.33. The quantitative estimate of drug-likeness (QED) is 0.0727. The fourth-order valence-corrected chi connectivity index (χ4v) is 6.85. The summed E-state index contributed by atoms with van der Waals surface area (Å²) in [7, 11) is 6.09. The first-order valence-electron chi connectivity index (χ1n) is 16.1. The van der Waals surface area contributed by atoms with Crippen molar-refractivity contribution in [3.63, 3.8) is 0 Å². The van der Waals surface area contributed by atoms with Gasteiger partial charge in [0.05, 0.1) is 39.4 Å². The van der Waals surface area contributed by atoms with Crippen molar-refractivity contribution in [3.8, 4) is 34.3 Å². The molecule has 1 heterocycles. The van der Waals surface area contributed by atoms with E-state index >= 15 is 0 Å². The van der Waals surface area contributed by atoms with Crippen molar-refractivity contribution in [2.24, 2.45) is 0 Å². The Morgan fingerprint density at radius 2 is 1.50 bits per heavy atom. The number of thiazole rings is 1. The number of carbonyl (C=O) groups is 3. The van der Waals surface area contributed by atoms with Gasteiger partial charge < -0.3 is 34.9 Å². The Morgan fingerprint density at radius 1 is 0.808 bits per heavy atom. The summed E-state index contributed by atoms with van der Waals surface area (Å²) >= 11 is 2.70. The van der Waals surface area contributed by atoms with E-state index in [1.165, 1.54) is 50.5 Å². The van der Waals surface area contributed by atoms with Crippen LogP contribution in [0.4, 0.5) is 10.8 Å². The molecule has 1 unspecified atom stereocenters. The van der Waals surface area contributed by atoms with E-state index in [-0.39, 0.29) is 11.6 Å². The Morgan fingerprint density at radius 3 is 2.17 bits per heavy atom. The number of hydrogen-bond donors (Lipinski definition) is 3. The molecule has 0 aliphatic rings. The molecule has 5 aromatic rings. The zero-order chi connectivity index (χ0) is 37.0. The molecule has 13 heteroatoms. The molecular formula is C39H38N4O7S2. The number of nitrogens with one attached hydrogen (secondary N) is 3. The molecule has 3 N–H and O–H groups in total. The van der Waals surface area contributed by atoms with Crippen molar-refractivity contribution in [1.82, 2.24) is 10.3 Å². The zero-order valence-corrected chi connectivity index (χ0v) is 30.9. The number of methoxy groups -OCH3 is 4. The van der Waals surface area contributed by atoms with Crippen LogP contribution in [0.5, 0.6) is 23.0 Å². The first kappa shape index (κ1) is 37.5. The lowest BCUT2D eigenvalue weighted by Gasteiger charge is -2.16. The number of rotatable bonds is 15.